The molecule has 0 amide bonds. The molecule has 0 radical (unpaired) electrons. The average Bonchev–Trinajstić information content (AvgIpc) is 2.29. The average molecular weight is 238 g/mol. The minimum absolute atomic E-state index is 0.334. The van der Waals surface area contributed by atoms with E-state index in [1.54, 1.807) is 45.0 Å². The van der Waals surface area contributed by atoms with Gasteiger partial charge in [0, 0.05) is 0 Å². The van der Waals surface area contributed by atoms with Crippen molar-refractivity contribution >= 4 is 5.97 Å². The summed E-state index contributed by atoms with van der Waals surface area (Å²) in [7, 11) is 0. The first-order chi connectivity index (χ1) is 8.04. The van der Waals surface area contributed by atoms with E-state index in [0.717, 1.165) is 5.56 Å². The molecule has 2 atom stereocenters. The van der Waals surface area contributed by atoms with Crippen LogP contribution in [0.3, 0.4) is 0 Å². The number of hydrogen-bond donors (Lipinski definition) is 1. The molecule has 4 nitrogen and oxygen atoms in total. The lowest BCUT2D eigenvalue weighted by molar-refractivity contribution is -0.150. The largest absolute Gasteiger partial charge is 0.479 e. The highest BCUT2D eigenvalue weighted by molar-refractivity contribution is 5.74. The third kappa shape index (κ3) is 4.07. The van der Waals surface area contributed by atoms with Crippen LogP contribution in [-0.2, 0) is 9.53 Å². The van der Waals surface area contributed by atoms with Crippen LogP contribution in [0.1, 0.15) is 32.4 Å². The summed E-state index contributed by atoms with van der Waals surface area (Å²) in [6.45, 7) is 5.39. The van der Waals surface area contributed by atoms with Crippen molar-refractivity contribution in [2.75, 3.05) is 6.61 Å². The lowest BCUT2D eigenvalue weighted by Crippen LogP contribution is -2.26. The number of rotatable bonds is 5. The predicted molar refractivity (Wildman–Crippen MR) is 63.8 cm³/mol. The Bertz CT molecular complexity index is 373. The van der Waals surface area contributed by atoms with Crippen molar-refractivity contribution < 1.29 is 19.4 Å². The molecule has 0 saturated heterocycles. The lowest BCUT2D eigenvalue weighted by atomic mass is 10.1. The summed E-state index contributed by atoms with van der Waals surface area (Å²) in [4.78, 5) is 11.4. The van der Waals surface area contributed by atoms with Crippen molar-refractivity contribution in [2.45, 2.75) is 33.0 Å². The van der Waals surface area contributed by atoms with Crippen LogP contribution in [0.2, 0.25) is 0 Å². The van der Waals surface area contributed by atoms with Gasteiger partial charge >= 0.3 is 5.97 Å². The van der Waals surface area contributed by atoms with Crippen LogP contribution in [0.4, 0.5) is 0 Å². The van der Waals surface area contributed by atoms with Crippen LogP contribution in [0, 0.1) is 0 Å². The summed E-state index contributed by atoms with van der Waals surface area (Å²) in [5.41, 5.74) is 0.749. The van der Waals surface area contributed by atoms with Crippen molar-refractivity contribution in [3.05, 3.63) is 29.8 Å². The van der Waals surface area contributed by atoms with Gasteiger partial charge in [-0.2, -0.15) is 0 Å². The van der Waals surface area contributed by atoms with Crippen LogP contribution in [-0.4, -0.2) is 23.8 Å². The van der Waals surface area contributed by atoms with Gasteiger partial charge in [-0.05, 0) is 38.5 Å². The van der Waals surface area contributed by atoms with Gasteiger partial charge in [-0.25, -0.2) is 4.79 Å². The van der Waals surface area contributed by atoms with Gasteiger partial charge in [0.25, 0.3) is 0 Å². The summed E-state index contributed by atoms with van der Waals surface area (Å²) in [5.74, 6) is 0.152. The molecule has 1 aromatic rings. The van der Waals surface area contributed by atoms with Gasteiger partial charge in [0.05, 0.1) is 12.7 Å². The van der Waals surface area contributed by atoms with Crippen molar-refractivity contribution in [3.8, 4) is 5.75 Å². The fraction of sp³-hybridized carbons (Fsp3) is 0.462. The maximum atomic E-state index is 11.4. The number of hydrogen-bond acceptors (Lipinski definition) is 4. The third-order valence-electron chi connectivity index (χ3n) is 2.27. The minimum atomic E-state index is -0.654. The highest BCUT2D eigenvalue weighted by atomic mass is 16.6. The Hall–Kier alpha value is -1.55. The Balaban J connectivity index is 2.68. The number of ether oxygens (including phenoxy) is 2. The molecular weight excluding hydrogens is 220 g/mol. The molecule has 17 heavy (non-hydrogen) atoms. The van der Waals surface area contributed by atoms with E-state index in [1.807, 2.05) is 0 Å². The Morgan fingerprint density at radius 2 is 2.12 bits per heavy atom. The molecule has 0 aliphatic heterocycles. The van der Waals surface area contributed by atoms with Gasteiger partial charge in [-0.3, -0.25) is 0 Å². The van der Waals surface area contributed by atoms with E-state index in [1.165, 1.54) is 0 Å². The molecule has 0 spiro atoms. The van der Waals surface area contributed by atoms with Crippen LogP contribution in [0.5, 0.6) is 5.75 Å². The molecule has 1 N–H and O–H groups in total. The molecule has 0 bridgehead atoms. The van der Waals surface area contributed by atoms with Crippen molar-refractivity contribution in [2.24, 2.45) is 0 Å². The van der Waals surface area contributed by atoms with Gasteiger partial charge in [-0.1, -0.05) is 12.1 Å². The molecule has 0 aliphatic rings. The summed E-state index contributed by atoms with van der Waals surface area (Å²) < 4.78 is 10.3. The molecule has 0 fully saturated rings. The second-order valence-electron chi connectivity index (χ2n) is 3.76. The van der Waals surface area contributed by atoms with Crippen LogP contribution < -0.4 is 4.74 Å². The summed E-state index contributed by atoms with van der Waals surface area (Å²) in [5, 5.41) is 9.43. The van der Waals surface area contributed by atoms with Crippen LogP contribution >= 0.6 is 0 Å². The zero-order chi connectivity index (χ0) is 12.8. The number of aliphatic hydroxyl groups is 1. The smallest absolute Gasteiger partial charge is 0.347 e. The fourth-order valence-corrected chi connectivity index (χ4v) is 1.36. The van der Waals surface area contributed by atoms with Crippen molar-refractivity contribution in [1.29, 1.82) is 0 Å². The number of esters is 1. The SMILES string of the molecule is CCOC(=O)C(C)Oc1cccc([C@H](C)O)c1. The Morgan fingerprint density at radius 3 is 2.71 bits per heavy atom. The minimum Gasteiger partial charge on any atom is -0.479 e. The quantitative estimate of drug-likeness (QED) is 0.798. The molecular formula is C13H18O4. The number of carbonyl (C=O) groups is 1. The monoisotopic (exact) mass is 238 g/mol. The summed E-state index contributed by atoms with van der Waals surface area (Å²) in [6.07, 6.45) is -1.21. The van der Waals surface area contributed by atoms with Crippen molar-refractivity contribution in [1.82, 2.24) is 0 Å². The van der Waals surface area contributed by atoms with Crippen LogP contribution in [0.25, 0.3) is 0 Å². The van der Waals surface area contributed by atoms with E-state index in [-0.39, 0.29) is 0 Å². The maximum absolute atomic E-state index is 11.4. The van der Waals surface area contributed by atoms with Gasteiger partial charge in [0.15, 0.2) is 6.10 Å². The molecule has 1 rings (SSSR count). The molecule has 1 aromatic carbocycles. The van der Waals surface area contributed by atoms with E-state index in [4.69, 9.17) is 9.47 Å². The van der Waals surface area contributed by atoms with Gasteiger partial charge < -0.3 is 14.6 Å². The standard InChI is InChI=1S/C13H18O4/c1-4-16-13(15)10(3)17-12-7-5-6-11(8-12)9(2)14/h5-10,14H,4H2,1-3H3/t9-,10?/m0/s1. The highest BCUT2D eigenvalue weighted by Crippen LogP contribution is 2.19. The molecule has 0 saturated carbocycles. The lowest BCUT2D eigenvalue weighted by Gasteiger charge is -2.14. The Labute approximate surface area is 101 Å². The first kappa shape index (κ1) is 13.5. The predicted octanol–water partition coefficient (Wildman–Crippen LogP) is 2.07. The highest BCUT2D eigenvalue weighted by Gasteiger charge is 2.15. The van der Waals surface area contributed by atoms with E-state index < -0.39 is 18.2 Å². The number of carbonyl (C=O) groups excluding carboxylic acids is 1. The second kappa shape index (κ2) is 6.25. The molecule has 4 heteroatoms. The topological polar surface area (TPSA) is 55.8 Å². The van der Waals surface area contributed by atoms with Crippen LogP contribution in [0.15, 0.2) is 24.3 Å². The van der Waals surface area contributed by atoms with E-state index in [0.29, 0.717) is 12.4 Å². The van der Waals surface area contributed by atoms with E-state index in [9.17, 15) is 9.90 Å². The van der Waals surface area contributed by atoms with E-state index >= 15 is 0 Å². The summed E-state index contributed by atoms with van der Waals surface area (Å²) >= 11 is 0. The number of benzene rings is 1. The van der Waals surface area contributed by atoms with Gasteiger partial charge in [0.1, 0.15) is 5.75 Å². The number of aliphatic hydroxyl groups excluding tert-OH is 1. The maximum Gasteiger partial charge on any atom is 0.347 e. The van der Waals surface area contributed by atoms with E-state index in [2.05, 4.69) is 0 Å². The molecule has 0 heterocycles. The zero-order valence-electron chi connectivity index (χ0n) is 10.3. The van der Waals surface area contributed by atoms with Gasteiger partial charge in [-0.15, -0.1) is 0 Å². The molecule has 0 aliphatic carbocycles. The third-order valence-corrected chi connectivity index (χ3v) is 2.27. The summed E-state index contributed by atoms with van der Waals surface area (Å²) in [6, 6.07) is 7.02. The first-order valence-corrected chi connectivity index (χ1v) is 5.66. The Morgan fingerprint density at radius 1 is 1.41 bits per heavy atom. The van der Waals surface area contributed by atoms with Gasteiger partial charge in [0.2, 0.25) is 0 Å². The molecule has 94 valence electrons. The van der Waals surface area contributed by atoms with Crippen molar-refractivity contribution in [3.63, 3.8) is 0 Å². The first-order valence-electron chi connectivity index (χ1n) is 5.66. The zero-order valence-corrected chi connectivity index (χ0v) is 10.3. The molecule has 1 unspecified atom stereocenters. The second-order valence-corrected chi connectivity index (χ2v) is 3.76. The normalized spacial score (nSPS) is 13.9. The molecule has 0 aromatic heterocycles. The Kier molecular flexibility index (Phi) is 4.97. The fourth-order valence-electron chi connectivity index (χ4n) is 1.36.